The number of nitrogens with zero attached hydrogens (tertiary/aromatic N) is 4. The highest BCUT2D eigenvalue weighted by Crippen LogP contribution is 2.23. The highest BCUT2D eigenvalue weighted by Gasteiger charge is 2.20. The largest absolute Gasteiger partial charge is 0.381 e. The average Bonchev–Trinajstić information content (AvgIpc) is 3.22. The van der Waals surface area contributed by atoms with Crippen LogP contribution in [0.5, 0.6) is 0 Å². The van der Waals surface area contributed by atoms with Gasteiger partial charge < -0.3 is 9.64 Å². The zero-order valence-corrected chi connectivity index (χ0v) is 14.7. The highest BCUT2D eigenvalue weighted by molar-refractivity contribution is 5.59. The number of nitrogens with one attached hydrogen (secondary N) is 1. The Bertz CT molecular complexity index is 800. The Labute approximate surface area is 153 Å². The molecule has 1 aliphatic rings. The quantitative estimate of drug-likeness (QED) is 0.739. The second-order valence-corrected chi connectivity index (χ2v) is 6.65. The van der Waals surface area contributed by atoms with Crippen LogP contribution in [0.15, 0.2) is 55.0 Å². The fraction of sp³-hybridized carbons (Fsp3) is 0.350. The van der Waals surface area contributed by atoms with Crippen LogP contribution in [0.4, 0.5) is 5.95 Å². The molecule has 6 nitrogen and oxygen atoms in total. The minimum atomic E-state index is 0.597. The molecule has 0 amide bonds. The van der Waals surface area contributed by atoms with Crippen LogP contribution in [0, 0.1) is 5.92 Å². The predicted octanol–water partition coefficient (Wildman–Crippen LogP) is 3.30. The minimum absolute atomic E-state index is 0.597. The molecule has 4 rings (SSSR count). The van der Waals surface area contributed by atoms with E-state index in [2.05, 4.69) is 32.2 Å². The molecule has 0 atom stereocenters. The van der Waals surface area contributed by atoms with Crippen molar-refractivity contribution in [2.45, 2.75) is 19.4 Å². The van der Waals surface area contributed by atoms with Crippen LogP contribution in [0.25, 0.3) is 11.3 Å². The van der Waals surface area contributed by atoms with Crippen LogP contribution in [0.3, 0.4) is 0 Å². The van der Waals surface area contributed by atoms with Crippen molar-refractivity contribution in [2.75, 3.05) is 24.7 Å². The van der Waals surface area contributed by atoms with Crippen molar-refractivity contribution in [1.82, 2.24) is 20.2 Å². The first-order chi connectivity index (χ1) is 12.9. The average molecular weight is 349 g/mol. The summed E-state index contributed by atoms with van der Waals surface area (Å²) >= 11 is 0. The van der Waals surface area contributed by atoms with E-state index < -0.39 is 0 Å². The van der Waals surface area contributed by atoms with Gasteiger partial charge in [0.05, 0.1) is 11.9 Å². The second kappa shape index (κ2) is 8.10. The lowest BCUT2D eigenvalue weighted by molar-refractivity contribution is 0.0680. The van der Waals surface area contributed by atoms with Crippen molar-refractivity contribution in [3.63, 3.8) is 0 Å². The molecule has 1 aromatic carbocycles. The third kappa shape index (κ3) is 4.08. The van der Waals surface area contributed by atoms with Crippen LogP contribution in [0.2, 0.25) is 0 Å². The van der Waals surface area contributed by atoms with Crippen molar-refractivity contribution in [3.8, 4) is 11.3 Å². The Kier molecular flexibility index (Phi) is 5.21. The zero-order valence-electron chi connectivity index (χ0n) is 14.7. The molecule has 0 aliphatic carbocycles. The first-order valence-electron chi connectivity index (χ1n) is 9.07. The van der Waals surface area contributed by atoms with E-state index in [1.165, 1.54) is 0 Å². The van der Waals surface area contributed by atoms with Crippen molar-refractivity contribution < 1.29 is 4.74 Å². The van der Waals surface area contributed by atoms with Crippen LogP contribution in [0.1, 0.15) is 18.4 Å². The molecule has 0 bridgehead atoms. The SMILES string of the molecule is c1ccc(-c2ccnc(N(Cc3cn[nH]c3)CC3CCOCC3)n2)cc1. The summed E-state index contributed by atoms with van der Waals surface area (Å²) in [6, 6.07) is 12.2. The van der Waals surface area contributed by atoms with Crippen molar-refractivity contribution in [2.24, 2.45) is 5.92 Å². The first-order valence-corrected chi connectivity index (χ1v) is 9.07. The molecule has 3 heterocycles. The van der Waals surface area contributed by atoms with Gasteiger partial charge in [-0.3, -0.25) is 5.10 Å². The van der Waals surface area contributed by atoms with Gasteiger partial charge in [0.2, 0.25) is 5.95 Å². The summed E-state index contributed by atoms with van der Waals surface area (Å²) in [5, 5.41) is 6.96. The fourth-order valence-electron chi connectivity index (χ4n) is 3.31. The number of H-pyrrole nitrogens is 1. The summed E-state index contributed by atoms with van der Waals surface area (Å²) in [5.41, 5.74) is 3.18. The van der Waals surface area contributed by atoms with Crippen LogP contribution in [-0.2, 0) is 11.3 Å². The van der Waals surface area contributed by atoms with E-state index in [1.807, 2.05) is 42.9 Å². The predicted molar refractivity (Wildman–Crippen MR) is 101 cm³/mol. The Morgan fingerprint density at radius 1 is 1.12 bits per heavy atom. The maximum absolute atomic E-state index is 5.51. The maximum Gasteiger partial charge on any atom is 0.226 e. The smallest absolute Gasteiger partial charge is 0.226 e. The molecule has 0 unspecified atom stereocenters. The number of benzene rings is 1. The molecule has 1 aliphatic heterocycles. The van der Waals surface area contributed by atoms with Crippen molar-refractivity contribution in [1.29, 1.82) is 0 Å². The maximum atomic E-state index is 5.51. The van der Waals surface area contributed by atoms with Gasteiger partial charge >= 0.3 is 0 Å². The van der Waals surface area contributed by atoms with Gasteiger partial charge in [-0.25, -0.2) is 9.97 Å². The third-order valence-electron chi connectivity index (χ3n) is 4.74. The van der Waals surface area contributed by atoms with Gasteiger partial charge in [0.25, 0.3) is 0 Å². The van der Waals surface area contributed by atoms with E-state index >= 15 is 0 Å². The summed E-state index contributed by atoms with van der Waals surface area (Å²) in [6.07, 6.45) is 7.80. The Morgan fingerprint density at radius 3 is 2.73 bits per heavy atom. The number of anilines is 1. The molecule has 134 valence electrons. The van der Waals surface area contributed by atoms with E-state index in [9.17, 15) is 0 Å². The van der Waals surface area contributed by atoms with Crippen LogP contribution < -0.4 is 4.90 Å². The Morgan fingerprint density at radius 2 is 1.96 bits per heavy atom. The van der Waals surface area contributed by atoms with Gasteiger partial charge in [0, 0.05) is 49.8 Å². The summed E-state index contributed by atoms with van der Waals surface area (Å²) in [5.74, 6) is 1.36. The van der Waals surface area contributed by atoms with Crippen molar-refractivity contribution >= 4 is 5.95 Å². The molecule has 3 aromatic rings. The lowest BCUT2D eigenvalue weighted by atomic mass is 9.99. The standard InChI is InChI=1S/C20H23N5O/c1-2-4-18(5-3-1)19-6-9-21-20(24-19)25(15-17-12-22-23-13-17)14-16-7-10-26-11-8-16/h1-6,9,12-13,16H,7-8,10-11,14-15H2,(H,22,23). The first kappa shape index (κ1) is 16.7. The van der Waals surface area contributed by atoms with Gasteiger partial charge in [-0.1, -0.05) is 30.3 Å². The van der Waals surface area contributed by atoms with Crippen molar-refractivity contribution in [3.05, 3.63) is 60.6 Å². The van der Waals surface area contributed by atoms with E-state index in [0.717, 1.165) is 61.9 Å². The lowest BCUT2D eigenvalue weighted by Crippen LogP contribution is -2.33. The Hall–Kier alpha value is -2.73. The molecule has 6 heteroatoms. The molecular formula is C20H23N5O. The van der Waals surface area contributed by atoms with Gasteiger partial charge in [-0.05, 0) is 24.8 Å². The van der Waals surface area contributed by atoms with Gasteiger partial charge in [0.15, 0.2) is 0 Å². The van der Waals surface area contributed by atoms with Gasteiger partial charge in [-0.2, -0.15) is 5.10 Å². The third-order valence-corrected chi connectivity index (χ3v) is 4.74. The fourth-order valence-corrected chi connectivity index (χ4v) is 3.31. The molecule has 0 radical (unpaired) electrons. The lowest BCUT2D eigenvalue weighted by Gasteiger charge is -2.29. The number of hydrogen-bond donors (Lipinski definition) is 1. The topological polar surface area (TPSA) is 66.9 Å². The monoisotopic (exact) mass is 349 g/mol. The second-order valence-electron chi connectivity index (χ2n) is 6.65. The number of aromatic amines is 1. The number of aromatic nitrogens is 4. The molecule has 1 fully saturated rings. The zero-order chi connectivity index (χ0) is 17.6. The summed E-state index contributed by atoms with van der Waals surface area (Å²) < 4.78 is 5.51. The molecular weight excluding hydrogens is 326 g/mol. The number of rotatable bonds is 6. The molecule has 1 N–H and O–H groups in total. The van der Waals surface area contributed by atoms with Crippen LogP contribution in [-0.4, -0.2) is 39.9 Å². The van der Waals surface area contributed by atoms with Gasteiger partial charge in [-0.15, -0.1) is 0 Å². The molecule has 0 spiro atoms. The molecule has 0 saturated carbocycles. The van der Waals surface area contributed by atoms with E-state index in [0.29, 0.717) is 5.92 Å². The number of ether oxygens (including phenoxy) is 1. The summed E-state index contributed by atoms with van der Waals surface area (Å²) in [7, 11) is 0. The van der Waals surface area contributed by atoms with E-state index in [-0.39, 0.29) is 0 Å². The Balaban J connectivity index is 1.60. The summed E-state index contributed by atoms with van der Waals surface area (Å²) in [4.78, 5) is 11.7. The normalized spacial score (nSPS) is 15.1. The van der Waals surface area contributed by atoms with E-state index in [4.69, 9.17) is 9.72 Å². The molecule has 1 saturated heterocycles. The highest BCUT2D eigenvalue weighted by atomic mass is 16.5. The summed E-state index contributed by atoms with van der Waals surface area (Å²) in [6.45, 7) is 3.35. The number of hydrogen-bond acceptors (Lipinski definition) is 5. The van der Waals surface area contributed by atoms with Gasteiger partial charge in [0.1, 0.15) is 0 Å². The molecule has 2 aromatic heterocycles. The van der Waals surface area contributed by atoms with Crippen LogP contribution >= 0.6 is 0 Å². The van der Waals surface area contributed by atoms with E-state index in [1.54, 1.807) is 0 Å². The minimum Gasteiger partial charge on any atom is -0.381 e. The molecule has 26 heavy (non-hydrogen) atoms.